The number of fused-ring (bicyclic) bond motifs is 1. The topological polar surface area (TPSA) is 48.0 Å². The van der Waals surface area contributed by atoms with E-state index in [0.717, 1.165) is 28.2 Å². The third-order valence-corrected chi connectivity index (χ3v) is 6.38. The highest BCUT2D eigenvalue weighted by molar-refractivity contribution is 7.10. The summed E-state index contributed by atoms with van der Waals surface area (Å²) in [7, 11) is 3.27. The maximum Gasteiger partial charge on any atom is 0.261 e. The Kier molecular flexibility index (Phi) is 5.95. The van der Waals surface area contributed by atoms with Gasteiger partial charge in [-0.1, -0.05) is 24.3 Å². The Labute approximate surface area is 180 Å². The summed E-state index contributed by atoms with van der Waals surface area (Å²) in [5, 5.41) is 2.04. The van der Waals surface area contributed by atoms with Gasteiger partial charge in [-0.05, 0) is 59.7 Å². The average molecular weight is 424 g/mol. The standard InChI is InChI=1S/C24H25NO4S/c1-16-7-4-5-8-19(16)29-15-23(26)25-11-10-17-13-20(27-2)21(28-3)14-18(17)24(25)22-9-6-12-30-22/h4-9,12-14,24H,10-11,15H2,1-3H3/t24-/m0/s1. The van der Waals surface area contributed by atoms with Gasteiger partial charge in [-0.2, -0.15) is 0 Å². The van der Waals surface area contributed by atoms with Crippen LogP contribution in [0.1, 0.15) is 27.6 Å². The lowest BCUT2D eigenvalue weighted by atomic mass is 9.90. The number of amides is 1. The fraction of sp³-hybridized carbons (Fsp3) is 0.292. The van der Waals surface area contributed by atoms with E-state index >= 15 is 0 Å². The zero-order chi connectivity index (χ0) is 21.1. The lowest BCUT2D eigenvalue weighted by Gasteiger charge is -2.37. The maximum atomic E-state index is 13.2. The van der Waals surface area contributed by atoms with Crippen molar-refractivity contribution in [2.24, 2.45) is 0 Å². The number of para-hydroxylation sites is 1. The highest BCUT2D eigenvalue weighted by Gasteiger charge is 2.34. The molecule has 0 saturated heterocycles. The molecule has 1 atom stereocenters. The van der Waals surface area contributed by atoms with Gasteiger partial charge in [-0.15, -0.1) is 11.3 Å². The molecule has 0 N–H and O–H groups in total. The Morgan fingerprint density at radius 1 is 1.07 bits per heavy atom. The van der Waals surface area contributed by atoms with Gasteiger partial charge < -0.3 is 19.1 Å². The number of hydrogen-bond donors (Lipinski definition) is 0. The molecule has 30 heavy (non-hydrogen) atoms. The molecule has 5 nitrogen and oxygen atoms in total. The van der Waals surface area contributed by atoms with E-state index < -0.39 is 0 Å². The highest BCUT2D eigenvalue weighted by atomic mass is 32.1. The first-order valence-corrected chi connectivity index (χ1v) is 10.8. The van der Waals surface area contributed by atoms with E-state index in [0.29, 0.717) is 18.0 Å². The third-order valence-electron chi connectivity index (χ3n) is 5.45. The summed E-state index contributed by atoms with van der Waals surface area (Å²) in [6.45, 7) is 2.61. The van der Waals surface area contributed by atoms with Gasteiger partial charge in [0.15, 0.2) is 18.1 Å². The minimum Gasteiger partial charge on any atom is -0.493 e. The second kappa shape index (κ2) is 8.79. The number of thiophene rings is 1. The largest absolute Gasteiger partial charge is 0.493 e. The minimum absolute atomic E-state index is 0.00928. The number of carbonyl (C=O) groups excluding carboxylic acids is 1. The normalized spacial score (nSPS) is 15.4. The number of carbonyl (C=O) groups is 1. The molecule has 2 aromatic carbocycles. The Morgan fingerprint density at radius 2 is 1.83 bits per heavy atom. The number of ether oxygens (including phenoxy) is 3. The first-order chi connectivity index (χ1) is 14.6. The first-order valence-electron chi connectivity index (χ1n) is 9.88. The molecule has 0 bridgehead atoms. The molecule has 0 unspecified atom stereocenters. The lowest BCUT2D eigenvalue weighted by molar-refractivity contribution is -0.135. The van der Waals surface area contributed by atoms with E-state index in [9.17, 15) is 4.79 Å². The number of rotatable bonds is 6. The predicted octanol–water partition coefficient (Wildman–Crippen LogP) is 4.63. The molecular weight excluding hydrogens is 398 g/mol. The van der Waals surface area contributed by atoms with Crippen LogP contribution in [0.3, 0.4) is 0 Å². The van der Waals surface area contributed by atoms with Gasteiger partial charge in [-0.3, -0.25) is 4.79 Å². The van der Waals surface area contributed by atoms with Crippen molar-refractivity contribution >= 4 is 17.2 Å². The average Bonchev–Trinajstić information content (AvgIpc) is 3.31. The molecule has 0 spiro atoms. The van der Waals surface area contributed by atoms with E-state index in [1.165, 1.54) is 5.56 Å². The first kappa shape index (κ1) is 20.3. The summed E-state index contributed by atoms with van der Waals surface area (Å²) < 4.78 is 16.9. The number of aryl methyl sites for hydroxylation is 1. The van der Waals surface area contributed by atoms with Crippen LogP contribution in [0.5, 0.6) is 17.2 Å². The zero-order valence-corrected chi connectivity index (χ0v) is 18.2. The Balaban J connectivity index is 1.65. The second-order valence-corrected chi connectivity index (χ2v) is 8.19. The Morgan fingerprint density at radius 3 is 2.53 bits per heavy atom. The lowest BCUT2D eigenvalue weighted by Crippen LogP contribution is -2.42. The van der Waals surface area contributed by atoms with Gasteiger partial charge in [0.2, 0.25) is 0 Å². The predicted molar refractivity (Wildman–Crippen MR) is 118 cm³/mol. The van der Waals surface area contributed by atoms with Crippen LogP contribution in [0.2, 0.25) is 0 Å². The van der Waals surface area contributed by atoms with Crippen molar-refractivity contribution < 1.29 is 19.0 Å². The molecule has 6 heteroatoms. The number of benzene rings is 2. The molecular formula is C24H25NO4S. The van der Waals surface area contributed by atoms with E-state index in [4.69, 9.17) is 14.2 Å². The molecule has 4 rings (SSSR count). The summed E-state index contributed by atoms with van der Waals surface area (Å²) in [5.41, 5.74) is 3.27. The quantitative estimate of drug-likeness (QED) is 0.580. The molecule has 1 amide bonds. The second-order valence-electron chi connectivity index (χ2n) is 7.22. The fourth-order valence-electron chi connectivity index (χ4n) is 3.91. The van der Waals surface area contributed by atoms with Gasteiger partial charge >= 0.3 is 0 Å². The van der Waals surface area contributed by atoms with E-state index in [1.54, 1.807) is 25.6 Å². The summed E-state index contributed by atoms with van der Waals surface area (Å²) in [5.74, 6) is 2.09. The van der Waals surface area contributed by atoms with Gasteiger partial charge in [0.25, 0.3) is 5.91 Å². The summed E-state index contributed by atoms with van der Waals surface area (Å²) in [6.07, 6.45) is 0.758. The van der Waals surface area contributed by atoms with Crippen LogP contribution in [0, 0.1) is 6.92 Å². The Bertz CT molecular complexity index is 1030. The van der Waals surface area contributed by atoms with Crippen LogP contribution >= 0.6 is 11.3 Å². The number of nitrogens with zero attached hydrogens (tertiary/aromatic N) is 1. The van der Waals surface area contributed by atoms with Crippen molar-refractivity contribution in [1.82, 2.24) is 4.90 Å². The molecule has 2 heterocycles. The van der Waals surface area contributed by atoms with Crippen LogP contribution in [0.15, 0.2) is 53.9 Å². The molecule has 0 fully saturated rings. The van der Waals surface area contributed by atoms with E-state index in [1.807, 2.05) is 59.7 Å². The zero-order valence-electron chi connectivity index (χ0n) is 17.4. The van der Waals surface area contributed by atoms with Crippen LogP contribution in [-0.2, 0) is 11.2 Å². The van der Waals surface area contributed by atoms with Crippen LogP contribution in [0.25, 0.3) is 0 Å². The minimum atomic E-state index is -0.165. The van der Waals surface area contributed by atoms with Crippen LogP contribution < -0.4 is 14.2 Å². The van der Waals surface area contributed by atoms with Crippen molar-refractivity contribution in [2.75, 3.05) is 27.4 Å². The van der Waals surface area contributed by atoms with Gasteiger partial charge in [-0.25, -0.2) is 0 Å². The van der Waals surface area contributed by atoms with Crippen molar-refractivity contribution in [3.05, 3.63) is 75.5 Å². The summed E-state index contributed by atoms with van der Waals surface area (Å²) in [4.78, 5) is 16.3. The molecule has 3 aromatic rings. The Hall–Kier alpha value is -2.99. The smallest absolute Gasteiger partial charge is 0.261 e. The molecule has 0 saturated carbocycles. The van der Waals surface area contributed by atoms with Gasteiger partial charge in [0, 0.05) is 11.4 Å². The number of methoxy groups -OCH3 is 2. The van der Waals surface area contributed by atoms with Gasteiger partial charge in [0.1, 0.15) is 5.75 Å². The molecule has 156 valence electrons. The maximum absolute atomic E-state index is 13.2. The molecule has 1 aromatic heterocycles. The molecule has 0 radical (unpaired) electrons. The molecule has 1 aliphatic rings. The van der Waals surface area contributed by atoms with Crippen molar-refractivity contribution in [2.45, 2.75) is 19.4 Å². The highest BCUT2D eigenvalue weighted by Crippen LogP contribution is 2.42. The number of hydrogen-bond acceptors (Lipinski definition) is 5. The summed E-state index contributed by atoms with van der Waals surface area (Å²) in [6, 6.07) is 15.7. The van der Waals surface area contributed by atoms with Crippen molar-refractivity contribution in [1.29, 1.82) is 0 Å². The van der Waals surface area contributed by atoms with Crippen molar-refractivity contribution in [3.63, 3.8) is 0 Å². The molecule has 0 aliphatic carbocycles. The summed E-state index contributed by atoms with van der Waals surface area (Å²) >= 11 is 1.65. The van der Waals surface area contributed by atoms with Crippen molar-refractivity contribution in [3.8, 4) is 17.2 Å². The fourth-order valence-corrected chi connectivity index (χ4v) is 4.76. The van der Waals surface area contributed by atoms with Gasteiger partial charge in [0.05, 0.1) is 20.3 Å². The third kappa shape index (κ3) is 3.87. The van der Waals surface area contributed by atoms with E-state index in [2.05, 4.69) is 6.07 Å². The monoisotopic (exact) mass is 423 g/mol. The SMILES string of the molecule is COc1cc2c(cc1OC)[C@@H](c1cccs1)N(C(=O)COc1ccccc1C)CC2. The molecule has 1 aliphatic heterocycles. The van der Waals surface area contributed by atoms with Crippen LogP contribution in [-0.4, -0.2) is 38.2 Å². The van der Waals surface area contributed by atoms with E-state index in [-0.39, 0.29) is 18.6 Å². The van der Waals surface area contributed by atoms with Crippen LogP contribution in [0.4, 0.5) is 0 Å².